The van der Waals surface area contributed by atoms with Crippen LogP contribution in [0.5, 0.6) is 0 Å². The minimum Gasteiger partial charge on any atom is -0.391 e. The second-order valence-electron chi connectivity index (χ2n) is 17.0. The van der Waals surface area contributed by atoms with Crippen LogP contribution in [0.2, 0.25) is 0 Å². The van der Waals surface area contributed by atoms with Crippen molar-refractivity contribution in [3.8, 4) is 0 Å². The lowest BCUT2D eigenvalue weighted by molar-refractivity contribution is -0.139. The van der Waals surface area contributed by atoms with Crippen LogP contribution < -0.4 is 16.0 Å². The lowest BCUT2D eigenvalue weighted by atomic mass is 9.81. The number of likely N-dealkylation sites (tertiary alicyclic amines) is 1. The highest BCUT2D eigenvalue weighted by Gasteiger charge is 2.36. The van der Waals surface area contributed by atoms with Crippen LogP contribution in [0, 0.1) is 17.8 Å². The van der Waals surface area contributed by atoms with Gasteiger partial charge < -0.3 is 30.1 Å². The van der Waals surface area contributed by atoms with Gasteiger partial charge in [0.25, 0.3) is 0 Å². The number of hydrogen-bond donors (Lipinski definition) is 4. The predicted molar refractivity (Wildman–Crippen MR) is 223 cm³/mol. The number of piperidine rings is 1. The van der Waals surface area contributed by atoms with Gasteiger partial charge in [0, 0.05) is 52.3 Å². The summed E-state index contributed by atoms with van der Waals surface area (Å²) in [5.74, 6) is -0.287. The topological polar surface area (TPSA) is 167 Å². The summed E-state index contributed by atoms with van der Waals surface area (Å²) in [6, 6.07) is 8.06. The summed E-state index contributed by atoms with van der Waals surface area (Å²) < 4.78 is 34.5. The quantitative estimate of drug-likeness (QED) is 0.120. The SMILES string of the molecule is CCCC[C@H](NC(Cc1ccccc1)C(=O)N1CCC(OCOC)CC1)C(=O)N[C@@H](CC1CCCCC1)[C@@H](O)C[C@H](C(=O)NCCN1CCS(=O)(=O)CC1)C(C)C. The van der Waals surface area contributed by atoms with Crippen molar-refractivity contribution >= 4 is 27.6 Å². The molecule has 1 aliphatic carbocycles. The number of sulfone groups is 1. The minimum atomic E-state index is -2.98. The third kappa shape index (κ3) is 16.2. The molecule has 3 fully saturated rings. The van der Waals surface area contributed by atoms with E-state index in [0.29, 0.717) is 77.3 Å². The van der Waals surface area contributed by atoms with Crippen molar-refractivity contribution in [2.45, 2.75) is 135 Å². The maximum Gasteiger partial charge on any atom is 0.240 e. The van der Waals surface area contributed by atoms with Crippen LogP contribution in [0.25, 0.3) is 0 Å². The van der Waals surface area contributed by atoms with E-state index < -0.39 is 40.0 Å². The molecule has 57 heavy (non-hydrogen) atoms. The van der Waals surface area contributed by atoms with Crippen LogP contribution in [0.4, 0.5) is 0 Å². The molecule has 1 unspecified atom stereocenters. The molecule has 5 atom stereocenters. The second-order valence-corrected chi connectivity index (χ2v) is 19.3. The van der Waals surface area contributed by atoms with Crippen LogP contribution in [-0.4, -0.2) is 136 Å². The molecule has 3 amide bonds. The summed E-state index contributed by atoms with van der Waals surface area (Å²) in [4.78, 5) is 46.2. The normalized spacial score (nSPS) is 21.1. The first kappa shape index (κ1) is 47.1. The highest BCUT2D eigenvalue weighted by molar-refractivity contribution is 7.91. The third-order valence-corrected chi connectivity index (χ3v) is 13.8. The molecular formula is C43H73N5O8S. The molecule has 0 aromatic heterocycles. The summed E-state index contributed by atoms with van der Waals surface area (Å²) >= 11 is 0. The second kappa shape index (κ2) is 24.5. The molecule has 324 valence electrons. The Bertz CT molecular complexity index is 1440. The van der Waals surface area contributed by atoms with Gasteiger partial charge in [-0.25, -0.2) is 8.42 Å². The minimum absolute atomic E-state index is 0.0340. The number of aliphatic hydroxyl groups excluding tert-OH is 1. The number of aliphatic hydroxyl groups is 1. The first-order chi connectivity index (χ1) is 27.4. The largest absolute Gasteiger partial charge is 0.391 e. The Morgan fingerprint density at radius 3 is 2.25 bits per heavy atom. The number of unbranched alkanes of at least 4 members (excludes halogenated alkanes) is 1. The molecule has 2 heterocycles. The van der Waals surface area contributed by atoms with E-state index in [1.807, 2.05) is 49.1 Å². The molecule has 0 spiro atoms. The zero-order valence-electron chi connectivity index (χ0n) is 35.2. The van der Waals surface area contributed by atoms with Crippen LogP contribution in [0.1, 0.15) is 103 Å². The number of benzene rings is 1. The standard InChI is InChI=1S/C43H73N5O8S/c1-5-6-17-37(45-39(29-34-15-11-8-12-16-34)43(52)48-21-18-35(19-22-48)56-31-55-4)42(51)46-38(28-33-13-9-7-10-14-33)40(49)30-36(32(2)3)41(50)44-20-23-47-24-26-57(53,54)27-25-47/h8,11-12,15-16,32-33,35-40,45,49H,5-7,9-10,13-14,17-31H2,1-4H3,(H,44,50)(H,46,51)/t36-,37-,38-,39?,40-/m0/s1. The van der Waals surface area contributed by atoms with E-state index in [2.05, 4.69) is 27.8 Å². The molecule has 1 aromatic rings. The van der Waals surface area contributed by atoms with E-state index in [1.165, 1.54) is 6.42 Å². The van der Waals surface area contributed by atoms with E-state index >= 15 is 0 Å². The fraction of sp³-hybridized carbons (Fsp3) is 0.791. The highest BCUT2D eigenvalue weighted by Crippen LogP contribution is 2.30. The number of nitrogens with zero attached hydrogens (tertiary/aromatic N) is 2. The maximum atomic E-state index is 14.5. The van der Waals surface area contributed by atoms with Gasteiger partial charge in [0.1, 0.15) is 6.79 Å². The van der Waals surface area contributed by atoms with Gasteiger partial charge in [0.2, 0.25) is 17.7 Å². The van der Waals surface area contributed by atoms with Gasteiger partial charge in [-0.05, 0) is 55.9 Å². The van der Waals surface area contributed by atoms with Gasteiger partial charge in [-0.1, -0.05) is 96.0 Å². The average molecular weight is 820 g/mol. The van der Waals surface area contributed by atoms with E-state index in [0.717, 1.165) is 44.1 Å². The van der Waals surface area contributed by atoms with Gasteiger partial charge in [-0.15, -0.1) is 0 Å². The molecule has 0 radical (unpaired) electrons. The van der Waals surface area contributed by atoms with E-state index in [-0.39, 0.29) is 54.5 Å². The summed E-state index contributed by atoms with van der Waals surface area (Å²) in [6.07, 6.45) is 9.54. The van der Waals surface area contributed by atoms with E-state index in [1.54, 1.807) is 7.11 Å². The number of nitrogens with one attached hydrogen (secondary N) is 3. The molecule has 14 heteroatoms. The van der Waals surface area contributed by atoms with Crippen LogP contribution >= 0.6 is 0 Å². The molecule has 1 aromatic carbocycles. The molecule has 4 N–H and O–H groups in total. The molecule has 3 aliphatic rings. The Morgan fingerprint density at radius 1 is 0.930 bits per heavy atom. The van der Waals surface area contributed by atoms with Crippen LogP contribution in [0.3, 0.4) is 0 Å². The summed E-state index contributed by atoms with van der Waals surface area (Å²) in [6.45, 7) is 9.28. The van der Waals surface area contributed by atoms with Crippen molar-refractivity contribution in [1.29, 1.82) is 0 Å². The van der Waals surface area contributed by atoms with Gasteiger partial charge in [-0.2, -0.15) is 0 Å². The smallest absolute Gasteiger partial charge is 0.240 e. The lowest BCUT2D eigenvalue weighted by Crippen LogP contribution is -2.58. The molecule has 13 nitrogen and oxygen atoms in total. The number of methoxy groups -OCH3 is 1. The summed E-state index contributed by atoms with van der Waals surface area (Å²) in [5.41, 5.74) is 1.00. The van der Waals surface area contributed by atoms with Crippen molar-refractivity contribution in [3.63, 3.8) is 0 Å². The van der Waals surface area contributed by atoms with Crippen molar-refractivity contribution in [2.75, 3.05) is 64.7 Å². The number of rotatable bonds is 23. The average Bonchev–Trinajstić information content (AvgIpc) is 3.21. The van der Waals surface area contributed by atoms with Gasteiger partial charge in [0.15, 0.2) is 9.84 Å². The lowest BCUT2D eigenvalue weighted by Gasteiger charge is -2.36. The van der Waals surface area contributed by atoms with Crippen molar-refractivity contribution in [2.24, 2.45) is 17.8 Å². The molecule has 2 aliphatic heterocycles. The number of ether oxygens (including phenoxy) is 2. The highest BCUT2D eigenvalue weighted by atomic mass is 32.2. The van der Waals surface area contributed by atoms with Crippen LogP contribution in [-0.2, 0) is 40.1 Å². The number of carbonyl (C=O) groups is 3. The molecule has 0 bridgehead atoms. The first-order valence-corrected chi connectivity index (χ1v) is 23.6. The maximum absolute atomic E-state index is 14.5. The van der Waals surface area contributed by atoms with E-state index in [9.17, 15) is 27.9 Å². The fourth-order valence-corrected chi connectivity index (χ4v) is 9.84. The Labute approximate surface area is 342 Å². The van der Waals surface area contributed by atoms with Gasteiger partial charge in [0.05, 0.1) is 41.8 Å². The Morgan fingerprint density at radius 2 is 1.61 bits per heavy atom. The van der Waals surface area contributed by atoms with Gasteiger partial charge >= 0.3 is 0 Å². The first-order valence-electron chi connectivity index (χ1n) is 21.8. The van der Waals surface area contributed by atoms with Crippen LogP contribution in [0.15, 0.2) is 30.3 Å². The zero-order valence-corrected chi connectivity index (χ0v) is 36.0. The zero-order chi connectivity index (χ0) is 41.2. The molecule has 2 saturated heterocycles. The fourth-order valence-electron chi connectivity index (χ4n) is 8.56. The van der Waals surface area contributed by atoms with Crippen molar-refractivity contribution in [3.05, 3.63) is 35.9 Å². The Balaban J connectivity index is 1.47. The number of carbonyl (C=O) groups excluding carboxylic acids is 3. The number of amides is 3. The molecule has 1 saturated carbocycles. The Kier molecular flexibility index (Phi) is 20.2. The third-order valence-electron chi connectivity index (χ3n) is 12.2. The van der Waals surface area contributed by atoms with Crippen molar-refractivity contribution < 1.29 is 37.4 Å². The number of hydrogen-bond acceptors (Lipinski definition) is 10. The summed E-state index contributed by atoms with van der Waals surface area (Å²) in [7, 11) is -1.38. The monoisotopic (exact) mass is 820 g/mol. The summed E-state index contributed by atoms with van der Waals surface area (Å²) in [5, 5.41) is 21.8. The Hall–Kier alpha value is -2.62. The predicted octanol–water partition coefficient (Wildman–Crippen LogP) is 3.68. The molecule has 4 rings (SSSR count). The van der Waals surface area contributed by atoms with E-state index in [4.69, 9.17) is 9.47 Å². The molecular weight excluding hydrogens is 747 g/mol. The van der Waals surface area contributed by atoms with Gasteiger partial charge in [-0.3, -0.25) is 24.6 Å². The van der Waals surface area contributed by atoms with Crippen molar-refractivity contribution in [1.82, 2.24) is 25.8 Å².